The topological polar surface area (TPSA) is 99.7 Å². The number of non-ortho nitro benzene ring substituents is 1. The molecular formula is C21H17NO6. The van der Waals surface area contributed by atoms with Gasteiger partial charge in [0, 0.05) is 28.6 Å². The summed E-state index contributed by atoms with van der Waals surface area (Å²) in [4.78, 5) is 35.3. The maximum absolute atomic E-state index is 12.7. The van der Waals surface area contributed by atoms with Gasteiger partial charge in [0.05, 0.1) is 10.5 Å². The highest BCUT2D eigenvalue weighted by atomic mass is 16.6. The third-order valence-corrected chi connectivity index (χ3v) is 4.92. The second-order valence-electron chi connectivity index (χ2n) is 6.72. The van der Waals surface area contributed by atoms with E-state index in [1.807, 2.05) is 6.07 Å². The number of benzene rings is 2. The Bertz CT molecular complexity index is 1100. The first-order valence-corrected chi connectivity index (χ1v) is 9.06. The number of nitrogens with zero attached hydrogens (tertiary/aromatic N) is 1. The summed E-state index contributed by atoms with van der Waals surface area (Å²) in [7, 11) is 0. The highest BCUT2D eigenvalue weighted by Crippen LogP contribution is 2.39. The van der Waals surface area contributed by atoms with E-state index in [1.54, 1.807) is 12.1 Å². The van der Waals surface area contributed by atoms with E-state index < -0.39 is 16.7 Å². The molecule has 1 aliphatic rings. The molecule has 142 valence electrons. The summed E-state index contributed by atoms with van der Waals surface area (Å²) in [5, 5.41) is 11.3. The molecule has 0 saturated heterocycles. The number of nitro groups is 1. The van der Waals surface area contributed by atoms with Crippen LogP contribution in [-0.4, -0.2) is 16.7 Å². The van der Waals surface area contributed by atoms with Crippen LogP contribution in [0.2, 0.25) is 0 Å². The molecule has 2 aromatic carbocycles. The van der Waals surface area contributed by atoms with E-state index in [1.165, 1.54) is 24.3 Å². The first-order chi connectivity index (χ1) is 13.5. The summed E-state index contributed by atoms with van der Waals surface area (Å²) in [5.41, 5.74) is 1.87. The highest BCUT2D eigenvalue weighted by Gasteiger charge is 2.33. The van der Waals surface area contributed by atoms with Gasteiger partial charge in [-0.3, -0.25) is 14.9 Å². The Kier molecular flexibility index (Phi) is 4.43. The van der Waals surface area contributed by atoms with Crippen molar-refractivity contribution in [3.63, 3.8) is 0 Å². The van der Waals surface area contributed by atoms with E-state index in [4.69, 9.17) is 9.15 Å². The summed E-state index contributed by atoms with van der Waals surface area (Å²) in [6, 6.07) is 10.4. The van der Waals surface area contributed by atoms with Gasteiger partial charge in [0.1, 0.15) is 11.7 Å². The zero-order valence-corrected chi connectivity index (χ0v) is 15.1. The lowest BCUT2D eigenvalue weighted by Crippen LogP contribution is -2.00. The number of carbonyl (C=O) groups excluding carboxylic acids is 2. The second kappa shape index (κ2) is 6.92. The molecular weight excluding hydrogens is 362 g/mol. The Hall–Kier alpha value is -3.48. The third kappa shape index (κ3) is 2.94. The van der Waals surface area contributed by atoms with E-state index in [2.05, 4.69) is 6.92 Å². The molecule has 1 unspecified atom stereocenters. The number of nitro benzene ring substituents is 1. The van der Waals surface area contributed by atoms with Gasteiger partial charge in [-0.05, 0) is 37.1 Å². The predicted molar refractivity (Wildman–Crippen MR) is 100 cm³/mol. The minimum Gasteiger partial charge on any atom is -0.454 e. The van der Waals surface area contributed by atoms with Crippen molar-refractivity contribution in [2.45, 2.75) is 32.3 Å². The number of hydrogen-bond acceptors (Lipinski definition) is 6. The largest absolute Gasteiger partial charge is 0.454 e. The third-order valence-electron chi connectivity index (χ3n) is 4.92. The summed E-state index contributed by atoms with van der Waals surface area (Å²) in [6.45, 7) is 2.08. The Morgan fingerprint density at radius 3 is 2.61 bits per heavy atom. The molecule has 4 rings (SSSR count). The Morgan fingerprint density at radius 1 is 1.18 bits per heavy atom. The van der Waals surface area contributed by atoms with Crippen molar-refractivity contribution in [2.24, 2.45) is 0 Å². The molecule has 0 N–H and O–H groups in total. The summed E-state index contributed by atoms with van der Waals surface area (Å²) in [5.74, 6) is -0.743. The molecule has 0 saturated carbocycles. The Labute approximate surface area is 160 Å². The zero-order valence-electron chi connectivity index (χ0n) is 15.1. The van der Waals surface area contributed by atoms with Gasteiger partial charge in [0.15, 0.2) is 5.76 Å². The zero-order chi connectivity index (χ0) is 19.8. The lowest BCUT2D eigenvalue weighted by Gasteiger charge is -2.09. The number of fused-ring (bicyclic) bond motifs is 3. The molecule has 7 heteroatoms. The number of unbranched alkanes of at least 4 members (excludes halogenated alkanes) is 1. The molecule has 1 aliphatic heterocycles. The maximum atomic E-state index is 12.7. The minimum absolute atomic E-state index is 0.0714. The fourth-order valence-corrected chi connectivity index (χ4v) is 3.47. The second-order valence-corrected chi connectivity index (χ2v) is 6.72. The number of rotatable bonds is 6. The average Bonchev–Trinajstić information content (AvgIpc) is 3.26. The maximum Gasteiger partial charge on any atom is 0.339 e. The quantitative estimate of drug-likeness (QED) is 0.259. The molecule has 3 aromatic rings. The van der Waals surface area contributed by atoms with Crippen molar-refractivity contribution < 1.29 is 23.7 Å². The molecule has 2 heterocycles. The standard InChI is InChI=1S/C21H17NO6/c1-2-3-4-16-14-9-10-17-15(19(14)21(24)28-16)11-18(27-17)20(23)12-5-7-13(8-6-12)22(25)26/h5-11,16H,2-4H2,1H3. The lowest BCUT2D eigenvalue weighted by molar-refractivity contribution is -0.384. The van der Waals surface area contributed by atoms with Crippen molar-refractivity contribution in [3.05, 3.63) is 75.0 Å². The monoisotopic (exact) mass is 379 g/mol. The van der Waals surface area contributed by atoms with Crippen LogP contribution in [0.1, 0.15) is 64.3 Å². The van der Waals surface area contributed by atoms with E-state index in [0.29, 0.717) is 16.5 Å². The summed E-state index contributed by atoms with van der Waals surface area (Å²) < 4.78 is 11.2. The fraction of sp³-hybridized carbons (Fsp3) is 0.238. The average molecular weight is 379 g/mol. The van der Waals surface area contributed by atoms with Gasteiger partial charge in [-0.15, -0.1) is 0 Å². The SMILES string of the molecule is CCCCC1OC(=O)c2c1ccc1oc(C(=O)c3ccc([N+](=O)[O-])cc3)cc21. The van der Waals surface area contributed by atoms with Crippen LogP contribution in [0.25, 0.3) is 11.0 Å². The Balaban J connectivity index is 1.70. The van der Waals surface area contributed by atoms with Crippen molar-refractivity contribution in [1.82, 2.24) is 0 Å². The normalized spacial score (nSPS) is 15.5. The molecule has 0 aliphatic carbocycles. The van der Waals surface area contributed by atoms with E-state index in [-0.39, 0.29) is 23.1 Å². The minimum atomic E-state index is -0.528. The fourth-order valence-electron chi connectivity index (χ4n) is 3.47. The van der Waals surface area contributed by atoms with Gasteiger partial charge in [0.2, 0.25) is 5.78 Å². The molecule has 0 amide bonds. The van der Waals surface area contributed by atoms with Crippen LogP contribution in [-0.2, 0) is 4.74 Å². The summed E-state index contributed by atoms with van der Waals surface area (Å²) >= 11 is 0. The molecule has 0 radical (unpaired) electrons. The van der Waals surface area contributed by atoms with Crippen LogP contribution >= 0.6 is 0 Å². The molecule has 0 fully saturated rings. The van der Waals surface area contributed by atoms with Gasteiger partial charge < -0.3 is 9.15 Å². The first kappa shape index (κ1) is 17.9. The van der Waals surface area contributed by atoms with Crippen LogP contribution in [0.15, 0.2) is 46.9 Å². The number of ketones is 1. The van der Waals surface area contributed by atoms with Crippen LogP contribution < -0.4 is 0 Å². The van der Waals surface area contributed by atoms with Crippen LogP contribution in [0.3, 0.4) is 0 Å². The van der Waals surface area contributed by atoms with Crippen LogP contribution in [0.4, 0.5) is 5.69 Å². The molecule has 7 nitrogen and oxygen atoms in total. The molecule has 28 heavy (non-hydrogen) atoms. The number of carbonyl (C=O) groups is 2. The van der Waals surface area contributed by atoms with Crippen molar-refractivity contribution >= 4 is 28.4 Å². The molecule has 1 aromatic heterocycles. The molecule has 1 atom stereocenters. The number of ether oxygens (including phenoxy) is 1. The predicted octanol–water partition coefficient (Wildman–Crippen LogP) is 4.97. The smallest absolute Gasteiger partial charge is 0.339 e. The first-order valence-electron chi connectivity index (χ1n) is 9.06. The highest BCUT2D eigenvalue weighted by molar-refractivity contribution is 6.12. The van der Waals surface area contributed by atoms with Crippen molar-refractivity contribution in [3.8, 4) is 0 Å². The lowest BCUT2D eigenvalue weighted by atomic mass is 9.98. The van der Waals surface area contributed by atoms with Gasteiger partial charge in [-0.25, -0.2) is 4.79 Å². The summed E-state index contributed by atoms with van der Waals surface area (Å²) in [6.07, 6.45) is 2.44. The number of esters is 1. The van der Waals surface area contributed by atoms with E-state index in [9.17, 15) is 19.7 Å². The number of hydrogen-bond donors (Lipinski definition) is 0. The molecule has 0 bridgehead atoms. The van der Waals surface area contributed by atoms with E-state index in [0.717, 1.165) is 24.8 Å². The van der Waals surface area contributed by atoms with E-state index >= 15 is 0 Å². The van der Waals surface area contributed by atoms with Gasteiger partial charge in [0.25, 0.3) is 5.69 Å². The van der Waals surface area contributed by atoms with Crippen molar-refractivity contribution in [2.75, 3.05) is 0 Å². The van der Waals surface area contributed by atoms with Gasteiger partial charge in [-0.1, -0.05) is 19.4 Å². The van der Waals surface area contributed by atoms with Gasteiger partial charge in [-0.2, -0.15) is 0 Å². The Morgan fingerprint density at radius 2 is 1.93 bits per heavy atom. The van der Waals surface area contributed by atoms with Crippen LogP contribution in [0.5, 0.6) is 0 Å². The van der Waals surface area contributed by atoms with Gasteiger partial charge >= 0.3 is 5.97 Å². The van der Waals surface area contributed by atoms with Crippen LogP contribution in [0, 0.1) is 10.1 Å². The number of furan rings is 1. The molecule has 0 spiro atoms. The number of cyclic esters (lactones) is 1. The van der Waals surface area contributed by atoms with Crippen molar-refractivity contribution in [1.29, 1.82) is 0 Å².